The lowest BCUT2D eigenvalue weighted by atomic mass is 10.1. The third-order valence-corrected chi connectivity index (χ3v) is 4.30. The van der Waals surface area contributed by atoms with E-state index in [0.717, 1.165) is 21.4 Å². The molecule has 106 valence electrons. The predicted octanol–water partition coefficient (Wildman–Crippen LogP) is 3.39. The van der Waals surface area contributed by atoms with Crippen molar-refractivity contribution in [3.8, 4) is 0 Å². The lowest BCUT2D eigenvalue weighted by Crippen LogP contribution is -2.15. The van der Waals surface area contributed by atoms with E-state index >= 15 is 0 Å². The first-order valence-corrected chi connectivity index (χ1v) is 7.74. The van der Waals surface area contributed by atoms with E-state index in [4.69, 9.17) is 0 Å². The fraction of sp³-hybridized carbons (Fsp3) is 0.333. The number of hydrogen-bond acceptors (Lipinski definition) is 2. The molecule has 2 rings (SSSR count). The highest BCUT2D eigenvalue weighted by molar-refractivity contribution is 14.1. The largest absolute Gasteiger partial charge is 0.326 e. The second-order valence-electron chi connectivity index (χ2n) is 4.65. The van der Waals surface area contributed by atoms with Crippen LogP contribution >= 0.6 is 22.6 Å². The lowest BCUT2D eigenvalue weighted by Gasteiger charge is -2.07. The van der Waals surface area contributed by atoms with E-state index < -0.39 is 0 Å². The van der Waals surface area contributed by atoms with Crippen molar-refractivity contribution in [1.29, 1.82) is 0 Å². The molecule has 1 heterocycles. The Hall–Kier alpha value is -1.37. The van der Waals surface area contributed by atoms with Crippen molar-refractivity contribution in [2.45, 2.75) is 33.2 Å². The summed E-state index contributed by atoms with van der Waals surface area (Å²) in [5.41, 5.74) is 3.22. The normalized spacial score (nSPS) is 10.6. The van der Waals surface area contributed by atoms with Gasteiger partial charge in [0.25, 0.3) is 0 Å². The first-order chi connectivity index (χ1) is 9.60. The standard InChI is InChI=1S/C15H18IN3O/c1-3-12-4-6-13(7-5-12)18-15(20)8-9-19-11(2)14(16)10-17-19/h4-7,10H,3,8-9H2,1-2H3,(H,18,20). The van der Waals surface area contributed by atoms with Crippen LogP contribution in [0.3, 0.4) is 0 Å². The van der Waals surface area contributed by atoms with Gasteiger partial charge in [-0.25, -0.2) is 0 Å². The number of nitrogens with one attached hydrogen (secondary N) is 1. The van der Waals surface area contributed by atoms with Crippen LogP contribution in [0.4, 0.5) is 5.69 Å². The van der Waals surface area contributed by atoms with Crippen LogP contribution in [-0.4, -0.2) is 15.7 Å². The number of rotatable bonds is 5. The van der Waals surface area contributed by atoms with Gasteiger partial charge in [-0.15, -0.1) is 0 Å². The van der Waals surface area contributed by atoms with E-state index in [9.17, 15) is 4.79 Å². The molecule has 4 nitrogen and oxygen atoms in total. The van der Waals surface area contributed by atoms with Crippen LogP contribution in [0.1, 0.15) is 24.6 Å². The van der Waals surface area contributed by atoms with Crippen molar-refractivity contribution in [3.63, 3.8) is 0 Å². The lowest BCUT2D eigenvalue weighted by molar-refractivity contribution is -0.116. The smallest absolute Gasteiger partial charge is 0.226 e. The first-order valence-electron chi connectivity index (χ1n) is 6.67. The third-order valence-electron chi connectivity index (χ3n) is 3.24. The Morgan fingerprint density at radius 2 is 2.05 bits per heavy atom. The minimum atomic E-state index is 0.0131. The van der Waals surface area contributed by atoms with E-state index in [-0.39, 0.29) is 5.91 Å². The summed E-state index contributed by atoms with van der Waals surface area (Å²) in [5.74, 6) is 0.0131. The SMILES string of the molecule is CCc1ccc(NC(=O)CCn2ncc(I)c2C)cc1. The van der Waals surface area contributed by atoms with E-state index in [1.54, 1.807) is 0 Å². The van der Waals surface area contributed by atoms with E-state index in [2.05, 4.69) is 39.9 Å². The van der Waals surface area contributed by atoms with Gasteiger partial charge in [0.05, 0.1) is 16.3 Å². The Morgan fingerprint density at radius 3 is 2.60 bits per heavy atom. The summed E-state index contributed by atoms with van der Waals surface area (Å²) in [4.78, 5) is 11.9. The molecule has 0 radical (unpaired) electrons. The fourth-order valence-electron chi connectivity index (χ4n) is 1.90. The third kappa shape index (κ3) is 3.82. The average molecular weight is 383 g/mol. The summed E-state index contributed by atoms with van der Waals surface area (Å²) >= 11 is 2.24. The van der Waals surface area contributed by atoms with Crippen LogP contribution in [0.2, 0.25) is 0 Å². The van der Waals surface area contributed by atoms with Crippen molar-refractivity contribution < 1.29 is 4.79 Å². The molecule has 0 fully saturated rings. The van der Waals surface area contributed by atoms with Crippen LogP contribution in [0.25, 0.3) is 0 Å². The Kier molecular flexibility index (Phi) is 5.17. The zero-order valence-electron chi connectivity index (χ0n) is 11.7. The molecule has 20 heavy (non-hydrogen) atoms. The molecule has 0 atom stereocenters. The van der Waals surface area contributed by atoms with Crippen LogP contribution < -0.4 is 5.32 Å². The van der Waals surface area contributed by atoms with Crippen LogP contribution in [0, 0.1) is 10.5 Å². The summed E-state index contributed by atoms with van der Waals surface area (Å²) in [6.07, 6.45) is 3.25. The van der Waals surface area contributed by atoms with Crippen molar-refractivity contribution in [2.24, 2.45) is 0 Å². The number of carbonyl (C=O) groups is 1. The van der Waals surface area contributed by atoms with E-state index in [0.29, 0.717) is 13.0 Å². The molecule has 0 unspecified atom stereocenters. The molecule has 0 saturated heterocycles. The topological polar surface area (TPSA) is 46.9 Å². The molecule has 0 aliphatic heterocycles. The monoisotopic (exact) mass is 383 g/mol. The maximum absolute atomic E-state index is 11.9. The van der Waals surface area contributed by atoms with Gasteiger partial charge in [-0.3, -0.25) is 9.48 Å². The molecular formula is C15H18IN3O. The van der Waals surface area contributed by atoms with Crippen molar-refractivity contribution in [3.05, 3.63) is 45.3 Å². The number of halogens is 1. The summed E-state index contributed by atoms with van der Waals surface area (Å²) in [6, 6.07) is 7.96. The average Bonchev–Trinajstić information content (AvgIpc) is 2.77. The molecule has 0 saturated carbocycles. The zero-order chi connectivity index (χ0) is 14.5. The van der Waals surface area contributed by atoms with Crippen molar-refractivity contribution in [1.82, 2.24) is 9.78 Å². The molecule has 0 aliphatic carbocycles. The second-order valence-corrected chi connectivity index (χ2v) is 5.81. The molecule has 1 aromatic carbocycles. The van der Waals surface area contributed by atoms with Gasteiger partial charge < -0.3 is 5.32 Å². The predicted molar refractivity (Wildman–Crippen MR) is 88.7 cm³/mol. The summed E-state index contributed by atoms with van der Waals surface area (Å²) in [5, 5.41) is 7.15. The number of amides is 1. The molecule has 0 aliphatic rings. The molecule has 5 heteroatoms. The Balaban J connectivity index is 1.87. The highest BCUT2D eigenvalue weighted by atomic mass is 127. The molecule has 0 spiro atoms. The Morgan fingerprint density at radius 1 is 1.35 bits per heavy atom. The van der Waals surface area contributed by atoms with E-state index in [1.165, 1.54) is 5.56 Å². The summed E-state index contributed by atoms with van der Waals surface area (Å²) in [7, 11) is 0. The highest BCUT2D eigenvalue weighted by Gasteiger charge is 2.07. The second kappa shape index (κ2) is 6.88. The molecular weight excluding hydrogens is 365 g/mol. The molecule has 0 bridgehead atoms. The maximum Gasteiger partial charge on any atom is 0.226 e. The molecule has 1 amide bonds. The fourth-order valence-corrected chi connectivity index (χ4v) is 2.31. The summed E-state index contributed by atoms with van der Waals surface area (Å²) in [6.45, 7) is 4.73. The number of carbonyl (C=O) groups excluding carboxylic acids is 1. The maximum atomic E-state index is 11.9. The van der Waals surface area contributed by atoms with Gasteiger partial charge in [-0.1, -0.05) is 19.1 Å². The van der Waals surface area contributed by atoms with Gasteiger partial charge in [-0.05, 0) is 53.6 Å². The van der Waals surface area contributed by atoms with Crippen LogP contribution in [-0.2, 0) is 17.8 Å². The van der Waals surface area contributed by atoms with Gasteiger partial charge in [-0.2, -0.15) is 5.10 Å². The minimum Gasteiger partial charge on any atom is -0.326 e. The van der Waals surface area contributed by atoms with Gasteiger partial charge in [0.15, 0.2) is 0 Å². The zero-order valence-corrected chi connectivity index (χ0v) is 13.8. The summed E-state index contributed by atoms with van der Waals surface area (Å²) < 4.78 is 2.99. The molecule has 2 aromatic rings. The number of nitrogens with zero attached hydrogens (tertiary/aromatic N) is 2. The first kappa shape index (κ1) is 15.0. The van der Waals surface area contributed by atoms with Crippen molar-refractivity contribution >= 4 is 34.2 Å². The molecule has 1 aromatic heterocycles. The van der Waals surface area contributed by atoms with Gasteiger partial charge >= 0.3 is 0 Å². The van der Waals surface area contributed by atoms with Crippen molar-refractivity contribution in [2.75, 3.05) is 5.32 Å². The van der Waals surface area contributed by atoms with Crippen LogP contribution in [0.15, 0.2) is 30.5 Å². The number of anilines is 1. The minimum absolute atomic E-state index is 0.0131. The Bertz CT molecular complexity index is 590. The number of aromatic nitrogens is 2. The Labute approximate surface area is 132 Å². The number of benzene rings is 1. The van der Waals surface area contributed by atoms with Crippen LogP contribution in [0.5, 0.6) is 0 Å². The number of aryl methyl sites for hydroxylation is 2. The quantitative estimate of drug-likeness (QED) is 0.805. The van der Waals surface area contributed by atoms with E-state index in [1.807, 2.05) is 42.1 Å². The van der Waals surface area contributed by atoms with Gasteiger partial charge in [0.2, 0.25) is 5.91 Å². The van der Waals surface area contributed by atoms with Gasteiger partial charge in [0, 0.05) is 17.8 Å². The highest BCUT2D eigenvalue weighted by Crippen LogP contribution is 2.12. The van der Waals surface area contributed by atoms with Gasteiger partial charge in [0.1, 0.15) is 0 Å². The molecule has 1 N–H and O–H groups in total. The number of hydrogen-bond donors (Lipinski definition) is 1.